The van der Waals surface area contributed by atoms with Crippen LogP contribution in [0.15, 0.2) is 59.4 Å². The first-order valence-corrected chi connectivity index (χ1v) is 8.58. The molecule has 0 fully saturated rings. The van der Waals surface area contributed by atoms with Gasteiger partial charge in [-0.15, -0.1) is 0 Å². The van der Waals surface area contributed by atoms with E-state index in [-0.39, 0.29) is 0 Å². The minimum Gasteiger partial charge on any atom is -0.356 e. The molecule has 0 saturated carbocycles. The van der Waals surface area contributed by atoms with Crippen LogP contribution in [0.1, 0.15) is 11.5 Å². The van der Waals surface area contributed by atoms with Crippen molar-refractivity contribution in [3.8, 4) is 28.5 Å². The first-order valence-electron chi connectivity index (χ1n) is 8.58. The average molecular weight is 356 g/mol. The zero-order chi connectivity index (χ0) is 18.4. The zero-order valence-electron chi connectivity index (χ0n) is 14.8. The first-order chi connectivity index (χ1) is 13.2. The van der Waals surface area contributed by atoms with Gasteiger partial charge in [0.1, 0.15) is 11.6 Å². The molecule has 1 N–H and O–H groups in total. The lowest BCUT2D eigenvalue weighted by Crippen LogP contribution is -1.96. The van der Waals surface area contributed by atoms with Crippen molar-refractivity contribution in [3.05, 3.63) is 66.4 Å². The fraction of sp³-hybridized carbons (Fsp3) is 0.100. The minimum atomic E-state index is 0.693. The Labute approximate surface area is 154 Å². The van der Waals surface area contributed by atoms with E-state index in [0.717, 1.165) is 45.1 Å². The van der Waals surface area contributed by atoms with Crippen molar-refractivity contribution in [2.24, 2.45) is 0 Å². The van der Waals surface area contributed by atoms with Crippen LogP contribution in [0, 0.1) is 13.8 Å². The van der Waals surface area contributed by atoms with Gasteiger partial charge in [0.15, 0.2) is 11.4 Å². The maximum atomic E-state index is 5.30. The van der Waals surface area contributed by atoms with Crippen molar-refractivity contribution in [2.75, 3.05) is 0 Å². The fourth-order valence-electron chi connectivity index (χ4n) is 3.17. The standard InChI is InChI=1S/C20H16N6O/c1-12-17-11-15(5-8-18(17)27-25-12)20-21-9-10-26(20)16-6-3-14(4-7-16)19-22-13(2)23-24-19/h3-11H,1-2H3,(H,22,23,24). The number of nitrogens with one attached hydrogen (secondary N) is 1. The van der Waals surface area contributed by atoms with Crippen molar-refractivity contribution in [2.45, 2.75) is 13.8 Å². The number of hydrogen-bond donors (Lipinski definition) is 1. The summed E-state index contributed by atoms with van der Waals surface area (Å²) in [5.74, 6) is 2.35. The second-order valence-corrected chi connectivity index (χ2v) is 6.39. The highest BCUT2D eigenvalue weighted by Gasteiger charge is 2.12. The number of H-pyrrole nitrogens is 1. The third-order valence-electron chi connectivity index (χ3n) is 4.55. The molecule has 0 aliphatic heterocycles. The third-order valence-corrected chi connectivity index (χ3v) is 4.55. The Hall–Kier alpha value is -3.74. The highest BCUT2D eigenvalue weighted by atomic mass is 16.5. The molecule has 132 valence electrons. The molecule has 3 aromatic heterocycles. The van der Waals surface area contributed by atoms with Crippen LogP contribution in [-0.4, -0.2) is 29.9 Å². The summed E-state index contributed by atoms with van der Waals surface area (Å²) in [6.45, 7) is 3.82. The number of imidazole rings is 1. The van der Waals surface area contributed by atoms with Crippen LogP contribution in [0.3, 0.4) is 0 Å². The van der Waals surface area contributed by atoms with Gasteiger partial charge in [0.2, 0.25) is 0 Å². The molecule has 0 spiro atoms. The van der Waals surface area contributed by atoms with Gasteiger partial charge in [0, 0.05) is 34.6 Å². The Kier molecular flexibility index (Phi) is 3.39. The molecule has 0 amide bonds. The topological polar surface area (TPSA) is 85.4 Å². The summed E-state index contributed by atoms with van der Waals surface area (Å²) < 4.78 is 7.35. The summed E-state index contributed by atoms with van der Waals surface area (Å²) in [4.78, 5) is 8.92. The molecule has 5 aromatic rings. The van der Waals surface area contributed by atoms with Gasteiger partial charge in [0.25, 0.3) is 0 Å². The van der Waals surface area contributed by atoms with E-state index < -0.39 is 0 Å². The van der Waals surface area contributed by atoms with Crippen molar-refractivity contribution in [1.29, 1.82) is 0 Å². The molecule has 2 aromatic carbocycles. The predicted molar refractivity (Wildman–Crippen MR) is 101 cm³/mol. The van der Waals surface area contributed by atoms with E-state index in [0.29, 0.717) is 5.82 Å². The Morgan fingerprint density at radius 1 is 1.00 bits per heavy atom. The van der Waals surface area contributed by atoms with Crippen LogP contribution < -0.4 is 0 Å². The maximum Gasteiger partial charge on any atom is 0.181 e. The summed E-state index contributed by atoms with van der Waals surface area (Å²) in [6, 6.07) is 14.1. The fourth-order valence-corrected chi connectivity index (χ4v) is 3.17. The Balaban J connectivity index is 1.55. The van der Waals surface area contributed by atoms with Crippen LogP contribution in [0.5, 0.6) is 0 Å². The molecule has 0 saturated heterocycles. The van der Waals surface area contributed by atoms with E-state index in [9.17, 15) is 0 Å². The number of rotatable bonds is 3. The second kappa shape index (κ2) is 5.91. The molecule has 3 heterocycles. The quantitative estimate of drug-likeness (QED) is 0.526. The largest absolute Gasteiger partial charge is 0.356 e. The van der Waals surface area contributed by atoms with Crippen molar-refractivity contribution in [1.82, 2.24) is 29.9 Å². The number of aryl methyl sites for hydroxylation is 2. The normalized spacial score (nSPS) is 11.3. The Morgan fingerprint density at radius 2 is 1.81 bits per heavy atom. The van der Waals surface area contributed by atoms with Crippen LogP contribution >= 0.6 is 0 Å². The molecular weight excluding hydrogens is 340 g/mol. The molecule has 7 heteroatoms. The number of aromatic amines is 1. The SMILES string of the molecule is Cc1nc(-c2ccc(-n3ccnc3-c3ccc4onc(C)c4c3)cc2)n[nH]1. The molecule has 0 atom stereocenters. The van der Waals surface area contributed by atoms with E-state index in [1.165, 1.54) is 0 Å². The number of benzene rings is 2. The van der Waals surface area contributed by atoms with Crippen molar-refractivity contribution in [3.63, 3.8) is 0 Å². The van der Waals surface area contributed by atoms with Crippen molar-refractivity contribution < 1.29 is 4.52 Å². The monoisotopic (exact) mass is 356 g/mol. The Morgan fingerprint density at radius 3 is 2.59 bits per heavy atom. The van der Waals surface area contributed by atoms with E-state index >= 15 is 0 Å². The molecule has 0 bridgehead atoms. The summed E-state index contributed by atoms with van der Waals surface area (Å²) >= 11 is 0. The van der Waals surface area contributed by atoms with Gasteiger partial charge in [-0.05, 0) is 56.3 Å². The van der Waals surface area contributed by atoms with E-state index in [1.807, 2.05) is 56.4 Å². The van der Waals surface area contributed by atoms with Crippen LogP contribution in [-0.2, 0) is 0 Å². The predicted octanol–water partition coefficient (Wildman–Crippen LogP) is 4.08. The van der Waals surface area contributed by atoms with Gasteiger partial charge in [-0.2, -0.15) is 5.10 Å². The van der Waals surface area contributed by atoms with Crippen LogP contribution in [0.25, 0.3) is 39.4 Å². The number of nitrogens with zero attached hydrogens (tertiary/aromatic N) is 5. The molecule has 0 aliphatic carbocycles. The zero-order valence-corrected chi connectivity index (χ0v) is 14.8. The molecule has 5 rings (SSSR count). The smallest absolute Gasteiger partial charge is 0.181 e. The summed E-state index contributed by atoms with van der Waals surface area (Å²) in [6.07, 6.45) is 3.75. The molecule has 0 radical (unpaired) electrons. The van der Waals surface area contributed by atoms with Crippen LogP contribution in [0.4, 0.5) is 0 Å². The second-order valence-electron chi connectivity index (χ2n) is 6.39. The lowest BCUT2D eigenvalue weighted by atomic mass is 10.1. The Bertz CT molecular complexity index is 1250. The molecule has 0 unspecified atom stereocenters. The number of aromatic nitrogens is 6. The van der Waals surface area contributed by atoms with Gasteiger partial charge < -0.3 is 4.52 Å². The summed E-state index contributed by atoms with van der Waals surface area (Å²) in [7, 11) is 0. The molecule has 27 heavy (non-hydrogen) atoms. The molecule has 0 aliphatic rings. The maximum absolute atomic E-state index is 5.30. The minimum absolute atomic E-state index is 0.693. The lowest BCUT2D eigenvalue weighted by Gasteiger charge is -2.08. The van der Waals surface area contributed by atoms with E-state index in [1.54, 1.807) is 6.20 Å². The van der Waals surface area contributed by atoms with Gasteiger partial charge in [-0.1, -0.05) is 5.16 Å². The third kappa shape index (κ3) is 2.60. The summed E-state index contributed by atoms with van der Waals surface area (Å²) in [5, 5.41) is 12.1. The van der Waals surface area contributed by atoms with Gasteiger partial charge in [0.05, 0.1) is 5.69 Å². The van der Waals surface area contributed by atoms with E-state index in [2.05, 4.69) is 36.0 Å². The van der Waals surface area contributed by atoms with Gasteiger partial charge in [-0.25, -0.2) is 9.97 Å². The van der Waals surface area contributed by atoms with Crippen LogP contribution in [0.2, 0.25) is 0 Å². The summed E-state index contributed by atoms with van der Waals surface area (Å²) in [5.41, 5.74) is 4.64. The van der Waals surface area contributed by atoms with Crippen molar-refractivity contribution >= 4 is 11.0 Å². The number of hydrogen-bond acceptors (Lipinski definition) is 5. The highest BCUT2D eigenvalue weighted by Crippen LogP contribution is 2.27. The lowest BCUT2D eigenvalue weighted by molar-refractivity contribution is 0.450. The molecular formula is C20H16N6O. The van der Waals surface area contributed by atoms with Gasteiger partial charge in [-0.3, -0.25) is 9.67 Å². The molecule has 7 nitrogen and oxygen atoms in total. The highest BCUT2D eigenvalue weighted by molar-refractivity contribution is 5.84. The first kappa shape index (κ1) is 15.5. The average Bonchev–Trinajstić information content (AvgIpc) is 3.42. The van der Waals surface area contributed by atoms with Gasteiger partial charge >= 0.3 is 0 Å². The van der Waals surface area contributed by atoms with E-state index in [4.69, 9.17) is 4.52 Å². The number of fused-ring (bicyclic) bond motifs is 1.